The molecule has 98 valence electrons. The Kier molecular flexibility index (Phi) is 5.82. The normalized spacial score (nSPS) is 10.4. The largest absolute Gasteiger partial charge is 0.309 e. The van der Waals surface area contributed by atoms with Gasteiger partial charge in [0.2, 0.25) is 0 Å². The Morgan fingerprint density at radius 2 is 1.89 bits per heavy atom. The molecule has 0 aliphatic carbocycles. The third kappa shape index (κ3) is 4.47. The number of likely N-dealkylation sites (N-methyl/N-ethyl adjacent to an activating group) is 1. The maximum atomic E-state index is 4.17. The van der Waals surface area contributed by atoms with Crippen LogP contribution in [0.2, 0.25) is 0 Å². The predicted molar refractivity (Wildman–Crippen MR) is 75.1 cm³/mol. The first-order valence-electron chi connectivity index (χ1n) is 5.82. The monoisotopic (exact) mass is 266 g/mol. The Morgan fingerprint density at radius 3 is 2.56 bits per heavy atom. The summed E-state index contributed by atoms with van der Waals surface area (Å²) < 4.78 is 1.89. The van der Waals surface area contributed by atoms with Gasteiger partial charge in [0.25, 0.3) is 0 Å². The first kappa shape index (κ1) is 14.7. The van der Waals surface area contributed by atoms with E-state index in [1.165, 1.54) is 5.56 Å². The highest BCUT2D eigenvalue weighted by Gasteiger charge is 2.02. The minimum absolute atomic E-state index is 0. The second kappa shape index (κ2) is 7.13. The molecule has 5 heteroatoms. The molecule has 2 rings (SSSR count). The molecule has 2 aromatic rings. The molecular weight excluding hydrogens is 248 g/mol. The van der Waals surface area contributed by atoms with Crippen LogP contribution in [0.3, 0.4) is 0 Å². The number of aromatic nitrogens is 3. The minimum Gasteiger partial charge on any atom is -0.309 e. The Labute approximate surface area is 114 Å². The molecule has 0 fully saturated rings. The SMILES string of the molecule is CN(C)CCc1cn(Cc2ccccc2)nn1.Cl. The van der Waals surface area contributed by atoms with Gasteiger partial charge in [-0.25, -0.2) is 4.68 Å². The van der Waals surface area contributed by atoms with Crippen LogP contribution < -0.4 is 0 Å². The van der Waals surface area contributed by atoms with Crippen LogP contribution in [0.15, 0.2) is 36.5 Å². The van der Waals surface area contributed by atoms with Gasteiger partial charge in [0.05, 0.1) is 12.2 Å². The van der Waals surface area contributed by atoms with Gasteiger partial charge in [-0.05, 0) is 19.7 Å². The van der Waals surface area contributed by atoms with Crippen LogP contribution in [0.25, 0.3) is 0 Å². The van der Waals surface area contributed by atoms with E-state index in [1.54, 1.807) is 0 Å². The lowest BCUT2D eigenvalue weighted by Gasteiger charge is -2.06. The van der Waals surface area contributed by atoms with Crippen molar-refractivity contribution in [3.8, 4) is 0 Å². The molecule has 18 heavy (non-hydrogen) atoms. The summed E-state index contributed by atoms with van der Waals surface area (Å²) in [5.41, 5.74) is 2.30. The van der Waals surface area contributed by atoms with E-state index in [2.05, 4.69) is 41.4 Å². The highest BCUT2D eigenvalue weighted by molar-refractivity contribution is 5.85. The molecule has 0 aliphatic rings. The van der Waals surface area contributed by atoms with Crippen molar-refractivity contribution in [1.29, 1.82) is 0 Å². The first-order valence-corrected chi connectivity index (χ1v) is 5.82. The van der Waals surface area contributed by atoms with E-state index >= 15 is 0 Å². The molecule has 0 unspecified atom stereocenters. The quantitative estimate of drug-likeness (QED) is 0.828. The Balaban J connectivity index is 0.00000162. The average Bonchev–Trinajstić information content (AvgIpc) is 2.75. The van der Waals surface area contributed by atoms with E-state index in [1.807, 2.05) is 29.1 Å². The van der Waals surface area contributed by atoms with Crippen LogP contribution in [0.1, 0.15) is 11.3 Å². The molecule has 0 N–H and O–H groups in total. The molecule has 1 aromatic heterocycles. The van der Waals surface area contributed by atoms with Crippen molar-refractivity contribution in [3.05, 3.63) is 47.8 Å². The van der Waals surface area contributed by atoms with Crippen LogP contribution in [-0.2, 0) is 13.0 Å². The molecule has 0 saturated heterocycles. The highest BCUT2D eigenvalue weighted by Crippen LogP contribution is 2.02. The molecule has 0 atom stereocenters. The third-order valence-corrected chi connectivity index (χ3v) is 2.59. The van der Waals surface area contributed by atoms with Gasteiger partial charge in [-0.15, -0.1) is 17.5 Å². The van der Waals surface area contributed by atoms with Gasteiger partial charge in [-0.3, -0.25) is 0 Å². The smallest absolute Gasteiger partial charge is 0.0840 e. The van der Waals surface area contributed by atoms with Crippen LogP contribution in [-0.4, -0.2) is 40.5 Å². The summed E-state index contributed by atoms with van der Waals surface area (Å²) >= 11 is 0. The van der Waals surface area contributed by atoms with Crippen LogP contribution in [0.5, 0.6) is 0 Å². The van der Waals surface area contributed by atoms with E-state index in [9.17, 15) is 0 Å². The van der Waals surface area contributed by atoms with Gasteiger partial charge in [-0.2, -0.15) is 0 Å². The molecule has 0 bridgehead atoms. The zero-order chi connectivity index (χ0) is 12.1. The molecule has 0 saturated carbocycles. The van der Waals surface area contributed by atoms with E-state index in [0.29, 0.717) is 0 Å². The summed E-state index contributed by atoms with van der Waals surface area (Å²) in [5.74, 6) is 0. The van der Waals surface area contributed by atoms with Gasteiger partial charge in [0.15, 0.2) is 0 Å². The predicted octanol–water partition coefficient (Wildman–Crippen LogP) is 1.85. The summed E-state index contributed by atoms with van der Waals surface area (Å²) in [5, 5.41) is 8.31. The van der Waals surface area contributed by atoms with Crippen molar-refractivity contribution in [2.24, 2.45) is 0 Å². The van der Waals surface area contributed by atoms with Crippen molar-refractivity contribution in [1.82, 2.24) is 19.9 Å². The van der Waals surface area contributed by atoms with Gasteiger partial charge in [0.1, 0.15) is 0 Å². The minimum atomic E-state index is 0. The van der Waals surface area contributed by atoms with Gasteiger partial charge >= 0.3 is 0 Å². The Bertz CT molecular complexity index is 453. The molecule has 0 spiro atoms. The van der Waals surface area contributed by atoms with E-state index < -0.39 is 0 Å². The van der Waals surface area contributed by atoms with Gasteiger partial charge in [-0.1, -0.05) is 35.5 Å². The molecule has 1 heterocycles. The summed E-state index contributed by atoms with van der Waals surface area (Å²) in [6.45, 7) is 1.79. The lowest BCUT2D eigenvalue weighted by Crippen LogP contribution is -2.15. The molecule has 0 amide bonds. The molecule has 4 nitrogen and oxygen atoms in total. The van der Waals surface area contributed by atoms with Crippen molar-refractivity contribution in [2.75, 3.05) is 20.6 Å². The van der Waals surface area contributed by atoms with Crippen molar-refractivity contribution < 1.29 is 0 Å². The summed E-state index contributed by atoms with van der Waals surface area (Å²) in [6.07, 6.45) is 2.97. The summed E-state index contributed by atoms with van der Waals surface area (Å²) in [7, 11) is 4.13. The maximum Gasteiger partial charge on any atom is 0.0840 e. The maximum absolute atomic E-state index is 4.17. The van der Waals surface area contributed by atoms with Gasteiger partial charge < -0.3 is 4.90 Å². The lowest BCUT2D eigenvalue weighted by molar-refractivity contribution is 0.411. The van der Waals surface area contributed by atoms with Crippen LogP contribution in [0.4, 0.5) is 0 Å². The number of halogens is 1. The second-order valence-electron chi connectivity index (χ2n) is 4.45. The summed E-state index contributed by atoms with van der Waals surface area (Å²) in [6, 6.07) is 10.3. The van der Waals surface area contributed by atoms with E-state index in [4.69, 9.17) is 0 Å². The van der Waals surface area contributed by atoms with Crippen molar-refractivity contribution >= 4 is 12.4 Å². The first-order chi connectivity index (χ1) is 8.24. The number of hydrogen-bond acceptors (Lipinski definition) is 3. The zero-order valence-corrected chi connectivity index (χ0v) is 11.6. The molecule has 0 aliphatic heterocycles. The number of hydrogen-bond donors (Lipinski definition) is 0. The van der Waals surface area contributed by atoms with E-state index in [-0.39, 0.29) is 12.4 Å². The lowest BCUT2D eigenvalue weighted by atomic mass is 10.2. The fourth-order valence-corrected chi connectivity index (χ4v) is 1.64. The van der Waals surface area contributed by atoms with Crippen molar-refractivity contribution in [3.63, 3.8) is 0 Å². The fraction of sp³-hybridized carbons (Fsp3) is 0.385. The van der Waals surface area contributed by atoms with Gasteiger partial charge in [0, 0.05) is 19.2 Å². The van der Waals surface area contributed by atoms with Crippen LogP contribution in [0, 0.1) is 0 Å². The van der Waals surface area contributed by atoms with Crippen LogP contribution >= 0.6 is 12.4 Å². The standard InChI is InChI=1S/C13H18N4.ClH/c1-16(2)9-8-13-11-17(15-14-13)10-12-6-4-3-5-7-12;/h3-7,11H,8-10H2,1-2H3;1H. The number of rotatable bonds is 5. The Morgan fingerprint density at radius 1 is 1.17 bits per heavy atom. The number of nitrogens with zero attached hydrogens (tertiary/aromatic N) is 4. The topological polar surface area (TPSA) is 34.0 Å². The summed E-state index contributed by atoms with van der Waals surface area (Å²) in [4.78, 5) is 2.15. The third-order valence-electron chi connectivity index (χ3n) is 2.59. The average molecular weight is 267 g/mol. The molecule has 1 aromatic carbocycles. The molecule has 0 radical (unpaired) electrons. The van der Waals surface area contributed by atoms with E-state index in [0.717, 1.165) is 25.2 Å². The second-order valence-corrected chi connectivity index (χ2v) is 4.45. The fourth-order valence-electron chi connectivity index (χ4n) is 1.64. The zero-order valence-electron chi connectivity index (χ0n) is 10.8. The highest BCUT2D eigenvalue weighted by atomic mass is 35.5. The van der Waals surface area contributed by atoms with Crippen molar-refractivity contribution in [2.45, 2.75) is 13.0 Å². The number of benzene rings is 1. The Hall–Kier alpha value is -1.39. The molecular formula is C13H19ClN4.